The van der Waals surface area contributed by atoms with Gasteiger partial charge >= 0.3 is 0 Å². The van der Waals surface area contributed by atoms with Crippen molar-refractivity contribution in [3.05, 3.63) is 33.8 Å². The maximum Gasteiger partial charge on any atom is 0.137 e. The first-order valence-corrected chi connectivity index (χ1v) is 4.66. The topological polar surface area (TPSA) is 47.6 Å². The minimum Gasteiger partial charge on any atom is -0.197 e. The molecule has 0 aliphatic carbocycles. The van der Waals surface area contributed by atoms with E-state index in [-0.39, 0.29) is 0 Å². The molecule has 0 saturated heterocycles. The van der Waals surface area contributed by atoms with Gasteiger partial charge in [-0.05, 0) is 11.6 Å². The molecule has 0 aromatic heterocycles. The van der Waals surface area contributed by atoms with Gasteiger partial charge in [0.05, 0.1) is 22.2 Å². The van der Waals surface area contributed by atoms with Gasteiger partial charge in [-0.15, -0.1) is 0 Å². The van der Waals surface area contributed by atoms with Crippen molar-refractivity contribution in [2.75, 3.05) is 0 Å². The zero-order chi connectivity index (χ0) is 10.6. The van der Waals surface area contributed by atoms with E-state index < -0.39 is 5.92 Å². The summed E-state index contributed by atoms with van der Waals surface area (Å²) in [6.07, 6.45) is 0.312. The van der Waals surface area contributed by atoms with Gasteiger partial charge in [0.15, 0.2) is 0 Å². The summed E-state index contributed by atoms with van der Waals surface area (Å²) in [6.45, 7) is 0. The lowest BCUT2D eigenvalue weighted by atomic mass is 10.0. The van der Waals surface area contributed by atoms with Gasteiger partial charge in [-0.3, -0.25) is 0 Å². The number of nitriles is 2. The van der Waals surface area contributed by atoms with Crippen molar-refractivity contribution in [2.45, 2.75) is 6.42 Å². The van der Waals surface area contributed by atoms with Gasteiger partial charge < -0.3 is 0 Å². The zero-order valence-electron chi connectivity index (χ0n) is 7.17. The van der Waals surface area contributed by atoms with Crippen LogP contribution < -0.4 is 0 Å². The molecule has 2 nitrogen and oxygen atoms in total. The normalized spacial score (nSPS) is 9.50. The molecule has 0 saturated carbocycles. The van der Waals surface area contributed by atoms with E-state index in [2.05, 4.69) is 0 Å². The quantitative estimate of drug-likeness (QED) is 0.775. The fourth-order valence-electron chi connectivity index (χ4n) is 1.05. The molecule has 1 aromatic carbocycles. The highest BCUT2D eigenvalue weighted by atomic mass is 35.5. The summed E-state index contributed by atoms with van der Waals surface area (Å²) >= 11 is 11.7. The second kappa shape index (κ2) is 4.86. The molecule has 1 aromatic rings. The number of hydrogen-bond donors (Lipinski definition) is 0. The summed E-state index contributed by atoms with van der Waals surface area (Å²) < 4.78 is 0. The molecule has 0 spiro atoms. The van der Waals surface area contributed by atoms with E-state index in [1.54, 1.807) is 18.2 Å². The molecule has 0 unspecified atom stereocenters. The van der Waals surface area contributed by atoms with Gasteiger partial charge in [-0.1, -0.05) is 35.3 Å². The Labute approximate surface area is 92.3 Å². The number of halogens is 2. The zero-order valence-corrected chi connectivity index (χ0v) is 8.68. The summed E-state index contributed by atoms with van der Waals surface area (Å²) in [7, 11) is 0. The van der Waals surface area contributed by atoms with Crippen LogP contribution in [-0.2, 0) is 6.42 Å². The fourth-order valence-corrected chi connectivity index (χ4v) is 1.44. The molecule has 0 aliphatic rings. The predicted octanol–water partition coefficient (Wildman–Crippen LogP) is 3.20. The smallest absolute Gasteiger partial charge is 0.137 e. The molecule has 0 bridgehead atoms. The largest absolute Gasteiger partial charge is 0.197 e. The Morgan fingerprint density at radius 2 is 1.86 bits per heavy atom. The Hall–Kier alpha value is -1.22. The van der Waals surface area contributed by atoms with E-state index >= 15 is 0 Å². The Balaban J connectivity index is 2.94. The van der Waals surface area contributed by atoms with Crippen molar-refractivity contribution in [1.29, 1.82) is 10.5 Å². The maximum atomic E-state index is 8.60. The second-order valence-electron chi connectivity index (χ2n) is 2.73. The highest BCUT2D eigenvalue weighted by Crippen LogP contribution is 2.27. The van der Waals surface area contributed by atoms with Crippen LogP contribution in [0.25, 0.3) is 0 Å². The standard InChI is InChI=1S/C10H6Cl2N2/c11-9-3-1-2-8(10(9)12)4-7(5-13)6-14/h1-3,7H,4H2. The first kappa shape index (κ1) is 10.9. The van der Waals surface area contributed by atoms with Crippen LogP contribution in [-0.4, -0.2) is 0 Å². The van der Waals surface area contributed by atoms with E-state index in [1.807, 2.05) is 12.1 Å². The lowest BCUT2D eigenvalue weighted by Crippen LogP contribution is -1.99. The Bertz CT molecular complexity index is 401. The van der Waals surface area contributed by atoms with Gasteiger partial charge in [0.2, 0.25) is 0 Å². The van der Waals surface area contributed by atoms with E-state index in [0.29, 0.717) is 16.5 Å². The molecule has 0 fully saturated rings. The van der Waals surface area contributed by atoms with Crippen LogP contribution in [0, 0.1) is 28.6 Å². The van der Waals surface area contributed by atoms with Gasteiger partial charge in [-0.2, -0.15) is 10.5 Å². The minimum atomic E-state index is -0.675. The van der Waals surface area contributed by atoms with Crippen LogP contribution in [0.1, 0.15) is 5.56 Å². The molecule has 1 rings (SSSR count). The van der Waals surface area contributed by atoms with E-state index in [4.69, 9.17) is 33.7 Å². The van der Waals surface area contributed by atoms with E-state index in [0.717, 1.165) is 5.56 Å². The van der Waals surface area contributed by atoms with Crippen molar-refractivity contribution in [3.63, 3.8) is 0 Å². The third-order valence-electron chi connectivity index (χ3n) is 1.77. The summed E-state index contributed by atoms with van der Waals surface area (Å²) in [6, 6.07) is 8.94. The monoisotopic (exact) mass is 224 g/mol. The number of rotatable bonds is 2. The molecule has 0 heterocycles. The summed E-state index contributed by atoms with van der Waals surface area (Å²) in [5, 5.41) is 18.1. The van der Waals surface area contributed by atoms with E-state index in [1.165, 1.54) is 0 Å². The number of benzene rings is 1. The highest BCUT2D eigenvalue weighted by molar-refractivity contribution is 6.42. The van der Waals surface area contributed by atoms with Crippen LogP contribution >= 0.6 is 23.2 Å². The SMILES string of the molecule is N#CC(C#N)Cc1cccc(Cl)c1Cl. The lowest BCUT2D eigenvalue weighted by molar-refractivity contribution is 0.834. The third kappa shape index (κ3) is 2.39. The average Bonchev–Trinajstić information content (AvgIpc) is 2.20. The molecule has 0 aliphatic heterocycles. The fraction of sp³-hybridized carbons (Fsp3) is 0.200. The maximum absolute atomic E-state index is 8.60. The van der Waals surface area contributed by atoms with Crippen molar-refractivity contribution in [3.8, 4) is 12.1 Å². The number of nitrogens with zero attached hydrogens (tertiary/aromatic N) is 2. The first-order valence-electron chi connectivity index (χ1n) is 3.91. The third-order valence-corrected chi connectivity index (χ3v) is 2.63. The van der Waals surface area contributed by atoms with Gasteiger partial charge in [0, 0.05) is 6.42 Å². The summed E-state index contributed by atoms with van der Waals surface area (Å²) in [5.41, 5.74) is 0.729. The van der Waals surface area contributed by atoms with Gasteiger partial charge in [0.1, 0.15) is 5.92 Å². The first-order chi connectivity index (χ1) is 6.69. The van der Waals surface area contributed by atoms with E-state index in [9.17, 15) is 0 Å². The Morgan fingerprint density at radius 3 is 2.43 bits per heavy atom. The van der Waals surface area contributed by atoms with Crippen molar-refractivity contribution >= 4 is 23.2 Å². The number of hydrogen-bond acceptors (Lipinski definition) is 2. The highest BCUT2D eigenvalue weighted by Gasteiger charge is 2.11. The summed E-state index contributed by atoms with van der Waals surface area (Å²) in [5.74, 6) is -0.675. The minimum absolute atomic E-state index is 0.312. The molecular formula is C10H6Cl2N2. The summed E-state index contributed by atoms with van der Waals surface area (Å²) in [4.78, 5) is 0. The predicted molar refractivity (Wildman–Crippen MR) is 54.9 cm³/mol. The lowest BCUT2D eigenvalue weighted by Gasteiger charge is -2.04. The Morgan fingerprint density at radius 1 is 1.21 bits per heavy atom. The van der Waals surface area contributed by atoms with Crippen molar-refractivity contribution < 1.29 is 0 Å². The Kier molecular flexibility index (Phi) is 3.77. The van der Waals surface area contributed by atoms with Crippen LogP contribution in [0.15, 0.2) is 18.2 Å². The molecule has 0 radical (unpaired) electrons. The molecule has 0 amide bonds. The van der Waals surface area contributed by atoms with Crippen LogP contribution in [0.2, 0.25) is 10.0 Å². The van der Waals surface area contributed by atoms with Gasteiger partial charge in [-0.25, -0.2) is 0 Å². The molecular weight excluding hydrogens is 219 g/mol. The van der Waals surface area contributed by atoms with Gasteiger partial charge in [0.25, 0.3) is 0 Å². The van der Waals surface area contributed by atoms with Crippen LogP contribution in [0.4, 0.5) is 0 Å². The molecule has 0 N–H and O–H groups in total. The van der Waals surface area contributed by atoms with Crippen molar-refractivity contribution in [2.24, 2.45) is 5.92 Å². The second-order valence-corrected chi connectivity index (χ2v) is 3.51. The van der Waals surface area contributed by atoms with Crippen LogP contribution in [0.3, 0.4) is 0 Å². The molecule has 0 atom stereocenters. The average molecular weight is 225 g/mol. The molecule has 70 valence electrons. The molecule has 14 heavy (non-hydrogen) atoms. The molecule has 4 heteroatoms. The van der Waals surface area contributed by atoms with Crippen LogP contribution in [0.5, 0.6) is 0 Å². The van der Waals surface area contributed by atoms with Crippen molar-refractivity contribution in [1.82, 2.24) is 0 Å².